The van der Waals surface area contributed by atoms with E-state index in [1.165, 1.54) is 4.90 Å². The minimum absolute atomic E-state index is 0.109. The zero-order valence-electron chi connectivity index (χ0n) is 9.00. The fraction of sp³-hybridized carbons (Fsp3) is 0.333. The highest BCUT2D eigenvalue weighted by atomic mass is 79.9. The number of hydrogen-bond donors (Lipinski definition) is 0. The van der Waals surface area contributed by atoms with E-state index >= 15 is 0 Å². The maximum absolute atomic E-state index is 11.8. The van der Waals surface area contributed by atoms with Crippen LogP contribution in [0.4, 0.5) is 5.69 Å². The Morgan fingerprint density at radius 2 is 1.81 bits per heavy atom. The molecule has 2 amide bonds. The van der Waals surface area contributed by atoms with Crippen molar-refractivity contribution in [2.24, 2.45) is 0 Å². The lowest BCUT2D eigenvalue weighted by Crippen LogP contribution is -2.40. The lowest BCUT2D eigenvalue weighted by molar-refractivity contribution is -0.129. The molecule has 0 unspecified atom stereocenters. The summed E-state index contributed by atoms with van der Waals surface area (Å²) in [4.78, 5) is 24.8. The van der Waals surface area contributed by atoms with Gasteiger partial charge in [0.25, 0.3) is 0 Å². The fourth-order valence-electron chi connectivity index (χ4n) is 1.82. The van der Waals surface area contributed by atoms with Crippen molar-refractivity contribution in [2.75, 3.05) is 4.90 Å². The number of anilines is 1. The maximum atomic E-state index is 11.8. The second-order valence-corrected chi connectivity index (χ2v) is 4.79. The number of amides is 2. The van der Waals surface area contributed by atoms with Gasteiger partial charge in [0.05, 0.1) is 5.69 Å². The topological polar surface area (TPSA) is 37.4 Å². The summed E-state index contributed by atoms with van der Waals surface area (Å²) in [6, 6.07) is 5.65. The molecule has 84 valence electrons. The number of carbonyl (C=O) groups is 2. The largest absolute Gasteiger partial charge is 0.274 e. The number of hydrogen-bond acceptors (Lipinski definition) is 2. The van der Waals surface area contributed by atoms with Crippen molar-refractivity contribution >= 4 is 33.4 Å². The van der Waals surface area contributed by atoms with Gasteiger partial charge in [-0.1, -0.05) is 6.07 Å². The van der Waals surface area contributed by atoms with Crippen molar-refractivity contribution in [3.63, 3.8) is 0 Å². The summed E-state index contributed by atoms with van der Waals surface area (Å²) in [7, 11) is 0. The number of carbonyl (C=O) groups excluding carboxylic acids is 2. The van der Waals surface area contributed by atoms with Gasteiger partial charge >= 0.3 is 0 Å². The molecule has 1 heterocycles. The molecule has 3 nitrogen and oxygen atoms in total. The molecule has 1 aliphatic rings. The van der Waals surface area contributed by atoms with Gasteiger partial charge in [-0.15, -0.1) is 0 Å². The third-order valence-corrected chi connectivity index (χ3v) is 3.29. The summed E-state index contributed by atoms with van der Waals surface area (Å²) in [5.41, 5.74) is 1.69. The van der Waals surface area contributed by atoms with E-state index in [0.29, 0.717) is 24.9 Å². The molecule has 0 radical (unpaired) electrons. The normalized spacial score (nSPS) is 16.8. The molecule has 0 N–H and O–H groups in total. The van der Waals surface area contributed by atoms with E-state index in [0.717, 1.165) is 10.0 Å². The Bertz CT molecular complexity index is 440. The Labute approximate surface area is 103 Å². The van der Waals surface area contributed by atoms with Crippen molar-refractivity contribution in [1.29, 1.82) is 0 Å². The predicted molar refractivity (Wildman–Crippen MR) is 65.2 cm³/mol. The van der Waals surface area contributed by atoms with E-state index in [4.69, 9.17) is 0 Å². The van der Waals surface area contributed by atoms with E-state index in [9.17, 15) is 9.59 Å². The molecule has 1 aromatic carbocycles. The summed E-state index contributed by atoms with van der Waals surface area (Å²) in [6.07, 6.45) is 1.57. The third-order valence-electron chi connectivity index (χ3n) is 2.62. The van der Waals surface area contributed by atoms with Gasteiger partial charge < -0.3 is 0 Å². The standard InChI is InChI=1S/C12H12BrNO2/c1-8-5-6-9(13)10(7-8)14-11(15)3-2-4-12(14)16/h5-7H,2-4H2,1H3. The van der Waals surface area contributed by atoms with Crippen LogP contribution in [-0.2, 0) is 9.59 Å². The molecule has 4 heteroatoms. The van der Waals surface area contributed by atoms with E-state index in [-0.39, 0.29) is 11.8 Å². The third kappa shape index (κ3) is 2.02. The lowest BCUT2D eigenvalue weighted by Gasteiger charge is -2.26. The molecule has 0 bridgehead atoms. The summed E-state index contributed by atoms with van der Waals surface area (Å²) >= 11 is 3.37. The van der Waals surface area contributed by atoms with E-state index in [2.05, 4.69) is 15.9 Å². The number of imide groups is 1. The molecule has 0 saturated carbocycles. The molecular weight excluding hydrogens is 270 g/mol. The zero-order chi connectivity index (χ0) is 11.7. The van der Waals surface area contributed by atoms with E-state index < -0.39 is 0 Å². The molecule has 2 rings (SSSR count). The highest BCUT2D eigenvalue weighted by Gasteiger charge is 2.28. The van der Waals surface area contributed by atoms with Crippen molar-refractivity contribution in [3.05, 3.63) is 28.2 Å². The van der Waals surface area contributed by atoms with Crippen LogP contribution in [0.1, 0.15) is 24.8 Å². The smallest absolute Gasteiger partial charge is 0.233 e. The Hall–Kier alpha value is -1.16. The van der Waals surface area contributed by atoms with Gasteiger partial charge in [0, 0.05) is 17.3 Å². The molecule has 0 spiro atoms. The molecule has 1 aromatic rings. The van der Waals surface area contributed by atoms with Crippen LogP contribution in [0.15, 0.2) is 22.7 Å². The SMILES string of the molecule is Cc1ccc(Br)c(N2C(=O)CCCC2=O)c1. The van der Waals surface area contributed by atoms with Crippen LogP contribution in [0, 0.1) is 6.92 Å². The number of aryl methyl sites for hydroxylation is 1. The number of rotatable bonds is 1. The second-order valence-electron chi connectivity index (χ2n) is 3.93. The summed E-state index contributed by atoms with van der Waals surface area (Å²) in [6.45, 7) is 1.94. The zero-order valence-corrected chi connectivity index (χ0v) is 10.6. The Morgan fingerprint density at radius 3 is 2.44 bits per heavy atom. The monoisotopic (exact) mass is 281 g/mol. The number of piperidine rings is 1. The molecule has 0 atom stereocenters. The van der Waals surface area contributed by atoms with Crippen LogP contribution in [0.5, 0.6) is 0 Å². The van der Waals surface area contributed by atoms with Crippen molar-refractivity contribution in [2.45, 2.75) is 26.2 Å². The quantitative estimate of drug-likeness (QED) is 0.743. The van der Waals surface area contributed by atoms with Gasteiger partial charge in [-0.2, -0.15) is 0 Å². The highest BCUT2D eigenvalue weighted by Crippen LogP contribution is 2.30. The first kappa shape index (κ1) is 11.3. The molecule has 1 saturated heterocycles. The maximum Gasteiger partial charge on any atom is 0.233 e. The summed E-state index contributed by atoms with van der Waals surface area (Å²) < 4.78 is 0.779. The average molecular weight is 282 g/mol. The van der Waals surface area contributed by atoms with Crippen LogP contribution in [0.3, 0.4) is 0 Å². The van der Waals surface area contributed by atoms with Crippen molar-refractivity contribution < 1.29 is 9.59 Å². The van der Waals surface area contributed by atoms with Crippen molar-refractivity contribution in [3.8, 4) is 0 Å². The Morgan fingerprint density at radius 1 is 1.19 bits per heavy atom. The first-order chi connectivity index (χ1) is 7.59. The first-order valence-corrected chi connectivity index (χ1v) is 6.01. The Balaban J connectivity index is 2.45. The first-order valence-electron chi connectivity index (χ1n) is 5.21. The van der Waals surface area contributed by atoms with E-state index in [1.807, 2.05) is 25.1 Å². The van der Waals surface area contributed by atoms with Crippen molar-refractivity contribution in [1.82, 2.24) is 0 Å². The van der Waals surface area contributed by atoms with Gasteiger partial charge in [0.15, 0.2) is 0 Å². The predicted octanol–water partition coefficient (Wildman–Crippen LogP) is 2.80. The number of benzene rings is 1. The van der Waals surface area contributed by atoms with Gasteiger partial charge in [-0.25, -0.2) is 4.90 Å². The molecular formula is C12H12BrNO2. The molecule has 0 aromatic heterocycles. The van der Waals surface area contributed by atoms with Gasteiger partial charge in [-0.3, -0.25) is 9.59 Å². The van der Waals surface area contributed by atoms with Gasteiger partial charge in [-0.05, 0) is 47.0 Å². The lowest BCUT2D eigenvalue weighted by atomic mass is 10.1. The average Bonchev–Trinajstić information content (AvgIpc) is 2.23. The molecule has 0 aliphatic carbocycles. The van der Waals surface area contributed by atoms with Crippen LogP contribution in [0.25, 0.3) is 0 Å². The molecule has 16 heavy (non-hydrogen) atoms. The highest BCUT2D eigenvalue weighted by molar-refractivity contribution is 9.10. The Kier molecular flexibility index (Phi) is 3.10. The summed E-state index contributed by atoms with van der Waals surface area (Å²) in [5.74, 6) is -0.217. The minimum Gasteiger partial charge on any atom is -0.274 e. The molecule has 1 fully saturated rings. The second kappa shape index (κ2) is 4.37. The summed E-state index contributed by atoms with van der Waals surface area (Å²) in [5, 5.41) is 0. The molecule has 1 aliphatic heterocycles. The van der Waals surface area contributed by atoms with Crippen LogP contribution in [-0.4, -0.2) is 11.8 Å². The number of nitrogens with zero attached hydrogens (tertiary/aromatic N) is 1. The fourth-order valence-corrected chi connectivity index (χ4v) is 2.24. The van der Waals surface area contributed by atoms with Crippen LogP contribution >= 0.6 is 15.9 Å². The number of halogens is 1. The van der Waals surface area contributed by atoms with Crippen LogP contribution < -0.4 is 4.90 Å². The van der Waals surface area contributed by atoms with Gasteiger partial charge in [0.1, 0.15) is 0 Å². The van der Waals surface area contributed by atoms with E-state index in [1.54, 1.807) is 0 Å². The minimum atomic E-state index is -0.109. The van der Waals surface area contributed by atoms with Gasteiger partial charge in [0.2, 0.25) is 11.8 Å². The van der Waals surface area contributed by atoms with Crippen LogP contribution in [0.2, 0.25) is 0 Å².